The maximum absolute atomic E-state index is 10.7. The summed E-state index contributed by atoms with van der Waals surface area (Å²) in [6, 6.07) is 3.76. The van der Waals surface area contributed by atoms with E-state index in [1.54, 1.807) is 0 Å². The number of benzene rings is 1. The Bertz CT molecular complexity index is 360. The van der Waals surface area contributed by atoms with Crippen LogP contribution in [0.4, 0.5) is 0 Å². The van der Waals surface area contributed by atoms with Crippen LogP contribution in [0.5, 0.6) is 5.75 Å². The summed E-state index contributed by atoms with van der Waals surface area (Å²) >= 11 is 0. The van der Waals surface area contributed by atoms with Crippen LogP contribution in [0.2, 0.25) is 0 Å². The number of rotatable bonds is 8. The zero-order valence-corrected chi connectivity index (χ0v) is 11.8. The van der Waals surface area contributed by atoms with Crippen molar-refractivity contribution in [2.24, 2.45) is 0 Å². The van der Waals surface area contributed by atoms with E-state index < -0.39 is 0 Å². The quantitative estimate of drug-likeness (QED) is 0.501. The molecule has 0 spiro atoms. The Balaban J connectivity index is 2.45. The molecule has 0 radical (unpaired) electrons. The van der Waals surface area contributed by atoms with Crippen molar-refractivity contribution in [3.8, 4) is 5.75 Å². The molecule has 0 fully saturated rings. The topological polar surface area (TPSA) is 26.3 Å². The molecule has 0 saturated carbocycles. The van der Waals surface area contributed by atoms with Gasteiger partial charge in [-0.1, -0.05) is 32.6 Å². The molecule has 0 atom stereocenters. The molecule has 2 nitrogen and oxygen atoms in total. The second kappa shape index (κ2) is 7.91. The van der Waals surface area contributed by atoms with Crippen LogP contribution in [0, 0.1) is 13.8 Å². The smallest absolute Gasteiger partial charge is 0.150 e. The van der Waals surface area contributed by atoms with Gasteiger partial charge in [0.15, 0.2) is 0 Å². The van der Waals surface area contributed by atoms with E-state index in [4.69, 9.17) is 4.74 Å². The van der Waals surface area contributed by atoms with Crippen molar-refractivity contribution in [3.05, 3.63) is 28.8 Å². The average molecular weight is 248 g/mol. The molecule has 0 amide bonds. The first-order valence-corrected chi connectivity index (χ1v) is 6.88. The lowest BCUT2D eigenvalue weighted by atomic mass is 10.1. The molecule has 0 aliphatic heterocycles. The van der Waals surface area contributed by atoms with E-state index in [2.05, 4.69) is 6.92 Å². The normalized spacial score (nSPS) is 10.4. The molecule has 0 heterocycles. The van der Waals surface area contributed by atoms with Crippen molar-refractivity contribution >= 4 is 6.29 Å². The van der Waals surface area contributed by atoms with Crippen LogP contribution in [0.1, 0.15) is 60.5 Å². The van der Waals surface area contributed by atoms with Gasteiger partial charge in [0.1, 0.15) is 12.0 Å². The first kappa shape index (κ1) is 14.7. The molecule has 0 bridgehead atoms. The van der Waals surface area contributed by atoms with Gasteiger partial charge in [0.25, 0.3) is 0 Å². The molecule has 0 aromatic heterocycles. The third-order valence-corrected chi connectivity index (χ3v) is 3.11. The Morgan fingerprint density at radius 3 is 2.22 bits per heavy atom. The highest BCUT2D eigenvalue weighted by Crippen LogP contribution is 2.24. The van der Waals surface area contributed by atoms with Gasteiger partial charge in [0, 0.05) is 5.56 Å². The molecule has 1 aromatic rings. The van der Waals surface area contributed by atoms with Gasteiger partial charge in [-0.05, 0) is 43.5 Å². The largest absolute Gasteiger partial charge is 0.493 e. The van der Waals surface area contributed by atoms with Crippen LogP contribution in [0.15, 0.2) is 12.1 Å². The highest BCUT2D eigenvalue weighted by molar-refractivity contribution is 5.76. The molecule has 0 unspecified atom stereocenters. The fraction of sp³-hybridized carbons (Fsp3) is 0.562. The minimum absolute atomic E-state index is 0.722. The van der Waals surface area contributed by atoms with Crippen LogP contribution in [0.25, 0.3) is 0 Å². The van der Waals surface area contributed by atoms with E-state index in [1.807, 2.05) is 26.0 Å². The maximum atomic E-state index is 10.7. The van der Waals surface area contributed by atoms with Gasteiger partial charge in [-0.25, -0.2) is 0 Å². The predicted molar refractivity (Wildman–Crippen MR) is 75.6 cm³/mol. The van der Waals surface area contributed by atoms with Crippen LogP contribution in [0.3, 0.4) is 0 Å². The van der Waals surface area contributed by atoms with Gasteiger partial charge < -0.3 is 4.74 Å². The van der Waals surface area contributed by atoms with Crippen LogP contribution < -0.4 is 4.74 Å². The van der Waals surface area contributed by atoms with Gasteiger partial charge in [0.05, 0.1) is 6.61 Å². The standard InChI is InChI=1S/C16H24O2/c1-4-5-6-7-8-9-18-16-13(2)10-15(12-17)11-14(16)3/h10-12H,4-9H2,1-3H3. The summed E-state index contributed by atoms with van der Waals surface area (Å²) in [6.45, 7) is 6.97. The molecule has 0 aliphatic rings. The Morgan fingerprint density at radius 1 is 1.06 bits per heavy atom. The Morgan fingerprint density at radius 2 is 1.67 bits per heavy atom. The molecular weight excluding hydrogens is 224 g/mol. The van der Waals surface area contributed by atoms with Gasteiger partial charge in [-0.3, -0.25) is 4.79 Å². The Kier molecular flexibility index (Phi) is 6.48. The summed E-state index contributed by atoms with van der Waals surface area (Å²) in [5.41, 5.74) is 2.82. The zero-order valence-electron chi connectivity index (χ0n) is 11.8. The summed E-state index contributed by atoms with van der Waals surface area (Å²) in [5.74, 6) is 0.941. The summed E-state index contributed by atoms with van der Waals surface area (Å²) in [5, 5.41) is 0. The van der Waals surface area contributed by atoms with Crippen LogP contribution in [-0.4, -0.2) is 12.9 Å². The fourth-order valence-corrected chi connectivity index (χ4v) is 2.16. The molecule has 1 rings (SSSR count). The van der Waals surface area contributed by atoms with E-state index in [1.165, 1.54) is 25.7 Å². The lowest BCUT2D eigenvalue weighted by Gasteiger charge is -2.12. The van der Waals surface area contributed by atoms with Gasteiger partial charge >= 0.3 is 0 Å². The summed E-state index contributed by atoms with van der Waals surface area (Å²) in [7, 11) is 0. The highest BCUT2D eigenvalue weighted by Gasteiger charge is 2.05. The SMILES string of the molecule is CCCCCCCOc1c(C)cc(C=O)cc1C. The lowest BCUT2D eigenvalue weighted by molar-refractivity contribution is 0.112. The van der Waals surface area contributed by atoms with E-state index in [-0.39, 0.29) is 0 Å². The molecular formula is C16H24O2. The number of carbonyl (C=O) groups excluding carboxylic acids is 1. The fourth-order valence-electron chi connectivity index (χ4n) is 2.16. The van der Waals surface area contributed by atoms with Crippen LogP contribution >= 0.6 is 0 Å². The molecule has 100 valence electrons. The average Bonchev–Trinajstić information content (AvgIpc) is 2.35. The number of hydrogen-bond acceptors (Lipinski definition) is 2. The van der Waals surface area contributed by atoms with Crippen molar-refractivity contribution in [1.82, 2.24) is 0 Å². The molecule has 0 aliphatic carbocycles. The number of unbranched alkanes of at least 4 members (excludes halogenated alkanes) is 4. The number of carbonyl (C=O) groups is 1. The minimum Gasteiger partial charge on any atom is -0.493 e. The Hall–Kier alpha value is -1.31. The van der Waals surface area contributed by atoms with Gasteiger partial charge in [-0.2, -0.15) is 0 Å². The predicted octanol–water partition coefficient (Wildman–Crippen LogP) is 4.47. The molecule has 1 aromatic carbocycles. The van der Waals surface area contributed by atoms with Gasteiger partial charge in [0.2, 0.25) is 0 Å². The number of hydrogen-bond donors (Lipinski definition) is 0. The van der Waals surface area contributed by atoms with Crippen molar-refractivity contribution in [2.75, 3.05) is 6.61 Å². The molecule has 0 saturated heterocycles. The highest BCUT2D eigenvalue weighted by atomic mass is 16.5. The first-order chi connectivity index (χ1) is 8.69. The number of ether oxygens (including phenoxy) is 1. The number of aryl methyl sites for hydroxylation is 2. The van der Waals surface area contributed by atoms with Crippen LogP contribution in [-0.2, 0) is 0 Å². The van der Waals surface area contributed by atoms with Gasteiger partial charge in [-0.15, -0.1) is 0 Å². The minimum atomic E-state index is 0.722. The lowest BCUT2D eigenvalue weighted by Crippen LogP contribution is -2.01. The second-order valence-electron chi connectivity index (χ2n) is 4.86. The first-order valence-electron chi connectivity index (χ1n) is 6.88. The van der Waals surface area contributed by atoms with Crippen molar-refractivity contribution in [1.29, 1.82) is 0 Å². The summed E-state index contributed by atoms with van der Waals surface area (Å²) < 4.78 is 5.83. The van der Waals surface area contributed by atoms with Crippen molar-refractivity contribution < 1.29 is 9.53 Å². The maximum Gasteiger partial charge on any atom is 0.150 e. The zero-order chi connectivity index (χ0) is 13.4. The third kappa shape index (κ3) is 4.52. The molecule has 2 heteroatoms. The van der Waals surface area contributed by atoms with E-state index in [0.29, 0.717) is 0 Å². The summed E-state index contributed by atoms with van der Waals surface area (Å²) in [6.07, 6.45) is 7.10. The second-order valence-corrected chi connectivity index (χ2v) is 4.86. The van der Waals surface area contributed by atoms with Crippen molar-refractivity contribution in [3.63, 3.8) is 0 Å². The number of aldehydes is 1. The molecule has 18 heavy (non-hydrogen) atoms. The summed E-state index contributed by atoms with van der Waals surface area (Å²) in [4.78, 5) is 10.7. The van der Waals surface area contributed by atoms with E-state index >= 15 is 0 Å². The van der Waals surface area contributed by atoms with E-state index in [0.717, 1.165) is 41.8 Å². The third-order valence-electron chi connectivity index (χ3n) is 3.11. The monoisotopic (exact) mass is 248 g/mol. The van der Waals surface area contributed by atoms with Crippen molar-refractivity contribution in [2.45, 2.75) is 52.9 Å². The Labute approximate surface area is 110 Å². The van der Waals surface area contributed by atoms with E-state index in [9.17, 15) is 4.79 Å². The molecule has 0 N–H and O–H groups in total.